The Morgan fingerprint density at radius 1 is 1.10 bits per heavy atom. The van der Waals surface area contributed by atoms with Crippen LogP contribution in [0.5, 0.6) is 0 Å². The largest absolute Gasteiger partial charge is 0.316 e. The Balaban J connectivity index is 2.18. The molecular weight excluding hydrogens is 326 g/mol. The van der Waals surface area contributed by atoms with Crippen LogP contribution in [0.3, 0.4) is 0 Å². The number of rotatable bonds is 4. The van der Waals surface area contributed by atoms with Crippen LogP contribution in [0.15, 0.2) is 65.3 Å². The van der Waals surface area contributed by atoms with Gasteiger partial charge in [-0.2, -0.15) is 5.10 Å². The molecule has 0 saturated heterocycles. The van der Waals surface area contributed by atoms with Crippen molar-refractivity contribution in [3.63, 3.8) is 0 Å². The molecule has 0 fully saturated rings. The van der Waals surface area contributed by atoms with Crippen molar-refractivity contribution in [3.05, 3.63) is 70.8 Å². The maximum absolute atomic E-state index is 4.58. The van der Waals surface area contributed by atoms with Crippen LogP contribution < -0.4 is 5.32 Å². The average Bonchev–Trinajstić information content (AvgIpc) is 2.92. The van der Waals surface area contributed by atoms with E-state index < -0.39 is 0 Å². The second-order valence-electron chi connectivity index (χ2n) is 4.81. The molecule has 0 spiro atoms. The summed E-state index contributed by atoms with van der Waals surface area (Å²) >= 11 is 3.52. The van der Waals surface area contributed by atoms with Crippen LogP contribution >= 0.6 is 15.9 Å². The summed E-state index contributed by atoms with van der Waals surface area (Å²) in [7, 11) is 1.95. The Morgan fingerprint density at radius 3 is 2.62 bits per heavy atom. The van der Waals surface area contributed by atoms with Crippen molar-refractivity contribution in [2.75, 3.05) is 7.05 Å². The van der Waals surface area contributed by atoms with Gasteiger partial charge >= 0.3 is 0 Å². The van der Waals surface area contributed by atoms with Crippen molar-refractivity contribution in [2.45, 2.75) is 6.54 Å². The molecule has 4 heteroatoms. The lowest BCUT2D eigenvalue weighted by atomic mass is 10.1. The van der Waals surface area contributed by atoms with E-state index in [0.717, 1.165) is 22.4 Å². The molecule has 2 aromatic carbocycles. The number of halogens is 1. The third kappa shape index (κ3) is 2.91. The zero-order valence-electron chi connectivity index (χ0n) is 11.8. The Kier molecular flexibility index (Phi) is 4.18. The summed E-state index contributed by atoms with van der Waals surface area (Å²) in [4.78, 5) is 0. The summed E-state index contributed by atoms with van der Waals surface area (Å²) in [5, 5.41) is 7.79. The van der Waals surface area contributed by atoms with Gasteiger partial charge in [-0.3, -0.25) is 0 Å². The molecule has 0 saturated carbocycles. The summed E-state index contributed by atoms with van der Waals surface area (Å²) in [5.74, 6) is 0. The van der Waals surface area contributed by atoms with E-state index in [1.165, 1.54) is 11.1 Å². The van der Waals surface area contributed by atoms with Gasteiger partial charge in [0.15, 0.2) is 0 Å². The standard InChI is InChI=1S/C17H16BrN3/c1-19-11-14-12-20-21(16-9-5-8-15(18)10-16)17(14)13-6-3-2-4-7-13/h2-10,12,19H,11H2,1H3. The van der Waals surface area contributed by atoms with Crippen LogP contribution in [0, 0.1) is 0 Å². The van der Waals surface area contributed by atoms with Crippen molar-refractivity contribution in [1.82, 2.24) is 15.1 Å². The lowest BCUT2D eigenvalue weighted by Crippen LogP contribution is -2.06. The second-order valence-corrected chi connectivity index (χ2v) is 5.72. The van der Waals surface area contributed by atoms with Crippen LogP contribution in [-0.4, -0.2) is 16.8 Å². The molecule has 0 atom stereocenters. The first-order valence-corrected chi connectivity index (χ1v) is 7.62. The molecule has 0 bridgehead atoms. The highest BCUT2D eigenvalue weighted by Crippen LogP contribution is 2.27. The predicted molar refractivity (Wildman–Crippen MR) is 89.5 cm³/mol. The van der Waals surface area contributed by atoms with Crippen LogP contribution in [0.2, 0.25) is 0 Å². The SMILES string of the molecule is CNCc1cnn(-c2cccc(Br)c2)c1-c1ccccc1. The minimum absolute atomic E-state index is 0.790. The molecule has 1 heterocycles. The summed E-state index contributed by atoms with van der Waals surface area (Å²) in [6.07, 6.45) is 1.93. The van der Waals surface area contributed by atoms with E-state index >= 15 is 0 Å². The van der Waals surface area contributed by atoms with E-state index in [1.54, 1.807) is 0 Å². The lowest BCUT2D eigenvalue weighted by molar-refractivity contribution is 0.818. The molecule has 3 aromatic rings. The van der Waals surface area contributed by atoms with Crippen LogP contribution in [0.1, 0.15) is 5.56 Å². The fourth-order valence-electron chi connectivity index (χ4n) is 2.41. The summed E-state index contributed by atoms with van der Waals surface area (Å²) in [5.41, 5.74) is 4.53. The molecule has 21 heavy (non-hydrogen) atoms. The van der Waals surface area contributed by atoms with Gasteiger partial charge in [0, 0.05) is 22.1 Å². The number of hydrogen-bond donors (Lipinski definition) is 1. The minimum Gasteiger partial charge on any atom is -0.316 e. The molecule has 0 amide bonds. The number of nitrogens with zero attached hydrogens (tertiary/aromatic N) is 2. The Hall–Kier alpha value is -1.91. The summed E-state index contributed by atoms with van der Waals surface area (Å²) < 4.78 is 3.04. The van der Waals surface area contributed by atoms with E-state index in [0.29, 0.717) is 0 Å². The topological polar surface area (TPSA) is 29.9 Å². The first-order chi connectivity index (χ1) is 10.3. The molecule has 1 N–H and O–H groups in total. The number of aromatic nitrogens is 2. The molecule has 106 valence electrons. The van der Waals surface area contributed by atoms with Crippen molar-refractivity contribution in [3.8, 4) is 16.9 Å². The van der Waals surface area contributed by atoms with Crippen LogP contribution in [-0.2, 0) is 6.54 Å². The molecule has 0 unspecified atom stereocenters. The van der Waals surface area contributed by atoms with Crippen molar-refractivity contribution < 1.29 is 0 Å². The van der Waals surface area contributed by atoms with Gasteiger partial charge in [0.1, 0.15) is 0 Å². The van der Waals surface area contributed by atoms with E-state index in [4.69, 9.17) is 0 Å². The number of nitrogens with one attached hydrogen (secondary N) is 1. The zero-order chi connectivity index (χ0) is 14.7. The molecule has 1 aromatic heterocycles. The maximum Gasteiger partial charge on any atom is 0.0785 e. The fourth-order valence-corrected chi connectivity index (χ4v) is 2.80. The molecular formula is C17H16BrN3. The molecule has 0 aliphatic heterocycles. The van der Waals surface area contributed by atoms with Crippen molar-refractivity contribution >= 4 is 15.9 Å². The Morgan fingerprint density at radius 2 is 1.90 bits per heavy atom. The zero-order valence-corrected chi connectivity index (χ0v) is 13.3. The molecule has 3 nitrogen and oxygen atoms in total. The van der Waals surface area contributed by atoms with Gasteiger partial charge in [0.05, 0.1) is 17.6 Å². The summed E-state index contributed by atoms with van der Waals surface area (Å²) in [6.45, 7) is 0.790. The van der Waals surface area contributed by atoms with Gasteiger partial charge in [0.25, 0.3) is 0 Å². The van der Waals surface area contributed by atoms with Crippen molar-refractivity contribution in [2.24, 2.45) is 0 Å². The molecule has 0 aliphatic carbocycles. The summed E-state index contributed by atoms with van der Waals surface area (Å²) in [6, 6.07) is 18.5. The van der Waals surface area contributed by atoms with Crippen LogP contribution in [0.4, 0.5) is 0 Å². The second kappa shape index (κ2) is 6.24. The lowest BCUT2D eigenvalue weighted by Gasteiger charge is -2.10. The normalized spacial score (nSPS) is 10.8. The highest BCUT2D eigenvalue weighted by Gasteiger charge is 2.13. The Labute approximate surface area is 132 Å². The van der Waals surface area contributed by atoms with Gasteiger partial charge in [-0.05, 0) is 25.2 Å². The third-order valence-electron chi connectivity index (χ3n) is 3.31. The van der Waals surface area contributed by atoms with Gasteiger partial charge in [-0.15, -0.1) is 0 Å². The Bertz CT molecular complexity index is 735. The monoisotopic (exact) mass is 341 g/mol. The highest BCUT2D eigenvalue weighted by molar-refractivity contribution is 9.10. The fraction of sp³-hybridized carbons (Fsp3) is 0.118. The molecule has 0 aliphatic rings. The molecule has 0 radical (unpaired) electrons. The smallest absolute Gasteiger partial charge is 0.0785 e. The van der Waals surface area contributed by atoms with Crippen LogP contribution in [0.25, 0.3) is 16.9 Å². The quantitative estimate of drug-likeness (QED) is 0.776. The van der Waals surface area contributed by atoms with E-state index in [2.05, 4.69) is 62.7 Å². The van der Waals surface area contributed by atoms with E-state index in [1.807, 2.05) is 36.1 Å². The van der Waals surface area contributed by atoms with Crippen molar-refractivity contribution in [1.29, 1.82) is 0 Å². The minimum atomic E-state index is 0.790. The predicted octanol–water partition coefficient (Wildman–Crippen LogP) is 4.02. The number of hydrogen-bond acceptors (Lipinski definition) is 2. The average molecular weight is 342 g/mol. The first-order valence-electron chi connectivity index (χ1n) is 6.82. The highest BCUT2D eigenvalue weighted by atomic mass is 79.9. The van der Waals surface area contributed by atoms with Gasteiger partial charge in [0.2, 0.25) is 0 Å². The maximum atomic E-state index is 4.58. The van der Waals surface area contributed by atoms with E-state index in [9.17, 15) is 0 Å². The first kappa shape index (κ1) is 14.0. The third-order valence-corrected chi connectivity index (χ3v) is 3.81. The van der Waals surface area contributed by atoms with Gasteiger partial charge in [-0.25, -0.2) is 4.68 Å². The van der Waals surface area contributed by atoms with E-state index in [-0.39, 0.29) is 0 Å². The number of benzene rings is 2. The molecule has 3 rings (SSSR count). The van der Waals surface area contributed by atoms with Gasteiger partial charge < -0.3 is 5.32 Å². The van der Waals surface area contributed by atoms with Gasteiger partial charge in [-0.1, -0.05) is 52.3 Å².